The number of nitrogens with zero attached hydrogens (tertiary/aromatic N) is 1. The van der Waals surface area contributed by atoms with Crippen LogP contribution in [0.3, 0.4) is 0 Å². The van der Waals surface area contributed by atoms with E-state index in [9.17, 15) is 12.8 Å². The molecule has 7 heteroatoms. The fraction of sp³-hybridized carbons (Fsp3) is 0.545. The Hall–Kier alpha value is -1.05. The molecular weight excluding hydrogens is 259 g/mol. The number of aromatic nitrogens is 1. The van der Waals surface area contributed by atoms with E-state index in [1.165, 1.54) is 12.3 Å². The lowest BCUT2D eigenvalue weighted by molar-refractivity contribution is -0.00516. The van der Waals surface area contributed by atoms with E-state index in [-0.39, 0.29) is 6.54 Å². The number of nitrogens with one attached hydrogen (secondary N) is 1. The molecule has 0 aliphatic carbocycles. The maximum Gasteiger partial charge on any atom is 0.261 e. The van der Waals surface area contributed by atoms with Crippen molar-refractivity contribution in [1.29, 1.82) is 0 Å². The molecule has 0 bridgehead atoms. The number of ether oxygens (including phenoxy) is 1. The second-order valence-corrected chi connectivity index (χ2v) is 5.99. The summed E-state index contributed by atoms with van der Waals surface area (Å²) in [5.41, 5.74) is -0.660. The van der Waals surface area contributed by atoms with Crippen molar-refractivity contribution < 1.29 is 17.5 Å². The zero-order valence-electron chi connectivity index (χ0n) is 10.6. The Morgan fingerprint density at radius 1 is 1.50 bits per heavy atom. The molecule has 102 valence electrons. The van der Waals surface area contributed by atoms with Gasteiger partial charge in [-0.25, -0.2) is 22.5 Å². The van der Waals surface area contributed by atoms with Crippen molar-refractivity contribution in [2.45, 2.75) is 31.4 Å². The van der Waals surface area contributed by atoms with Gasteiger partial charge in [-0.3, -0.25) is 0 Å². The van der Waals surface area contributed by atoms with E-state index in [2.05, 4.69) is 9.71 Å². The van der Waals surface area contributed by atoms with Gasteiger partial charge in [0.25, 0.3) is 10.0 Å². The zero-order valence-corrected chi connectivity index (χ0v) is 11.4. The van der Waals surface area contributed by atoms with E-state index in [1.54, 1.807) is 13.8 Å². The normalized spacial score (nSPS) is 12.7. The average Bonchev–Trinajstić information content (AvgIpc) is 2.27. The summed E-state index contributed by atoms with van der Waals surface area (Å²) < 4.78 is 44.6. The van der Waals surface area contributed by atoms with E-state index >= 15 is 0 Å². The Kier molecular flexibility index (Phi) is 4.78. The van der Waals surface area contributed by atoms with Crippen molar-refractivity contribution in [1.82, 2.24) is 9.71 Å². The fourth-order valence-corrected chi connectivity index (χ4v) is 2.55. The van der Waals surface area contributed by atoms with Gasteiger partial charge in [-0.05, 0) is 32.9 Å². The van der Waals surface area contributed by atoms with E-state index in [4.69, 9.17) is 4.74 Å². The Balaban J connectivity index is 2.81. The predicted octanol–water partition coefficient (Wildman–Crippen LogP) is 1.31. The van der Waals surface area contributed by atoms with Gasteiger partial charge in [0.2, 0.25) is 5.03 Å². The standard InChI is InChI=1S/C11H17FN2O3S/c1-4-17-11(2,3)8-14-18(15,16)10-9(12)6-5-7-13-10/h5-7,14H,4,8H2,1-3H3. The Bertz CT molecular complexity index is 503. The highest BCUT2D eigenvalue weighted by atomic mass is 32.2. The summed E-state index contributed by atoms with van der Waals surface area (Å²) in [5.74, 6) is -0.876. The fourth-order valence-electron chi connectivity index (χ4n) is 1.35. The first-order valence-electron chi connectivity index (χ1n) is 5.52. The van der Waals surface area contributed by atoms with Crippen LogP contribution in [0, 0.1) is 5.82 Å². The average molecular weight is 276 g/mol. The summed E-state index contributed by atoms with van der Waals surface area (Å²) in [6.07, 6.45) is 1.23. The highest BCUT2D eigenvalue weighted by Gasteiger charge is 2.25. The molecule has 0 aliphatic heterocycles. The number of rotatable bonds is 6. The van der Waals surface area contributed by atoms with Crippen LogP contribution in [-0.4, -0.2) is 32.2 Å². The van der Waals surface area contributed by atoms with Crippen molar-refractivity contribution >= 4 is 10.0 Å². The molecule has 5 nitrogen and oxygen atoms in total. The summed E-state index contributed by atoms with van der Waals surface area (Å²) in [6.45, 7) is 5.81. The first kappa shape index (κ1) is 15.0. The first-order valence-corrected chi connectivity index (χ1v) is 7.01. The molecule has 18 heavy (non-hydrogen) atoms. The molecule has 0 fully saturated rings. The molecule has 0 radical (unpaired) electrons. The maximum atomic E-state index is 13.3. The summed E-state index contributed by atoms with van der Waals surface area (Å²) in [4.78, 5) is 3.53. The van der Waals surface area contributed by atoms with Crippen LogP contribution in [0.1, 0.15) is 20.8 Å². The molecule has 0 aliphatic rings. The molecule has 0 unspecified atom stereocenters. The third kappa shape index (κ3) is 4.01. The molecule has 1 rings (SSSR count). The van der Waals surface area contributed by atoms with E-state index in [0.29, 0.717) is 6.61 Å². The summed E-state index contributed by atoms with van der Waals surface area (Å²) >= 11 is 0. The second-order valence-electron chi connectivity index (χ2n) is 4.31. The van der Waals surface area contributed by atoms with E-state index < -0.39 is 26.5 Å². The van der Waals surface area contributed by atoms with Crippen LogP contribution in [0.4, 0.5) is 4.39 Å². The molecule has 0 spiro atoms. The molecular formula is C11H17FN2O3S. The van der Waals surface area contributed by atoms with E-state index in [0.717, 1.165) is 6.07 Å². The van der Waals surface area contributed by atoms with Crippen molar-refractivity contribution in [3.8, 4) is 0 Å². The zero-order chi connectivity index (χ0) is 13.8. The lowest BCUT2D eigenvalue weighted by Crippen LogP contribution is -2.40. The minimum absolute atomic E-state index is 0.0409. The SMILES string of the molecule is CCOC(C)(C)CNS(=O)(=O)c1ncccc1F. The number of hydrogen-bond donors (Lipinski definition) is 1. The number of halogens is 1. The molecule has 0 amide bonds. The number of pyridine rings is 1. The lowest BCUT2D eigenvalue weighted by atomic mass is 10.1. The summed E-state index contributed by atoms with van der Waals surface area (Å²) in [6, 6.07) is 2.38. The molecule has 1 aromatic heterocycles. The largest absolute Gasteiger partial charge is 0.375 e. The van der Waals surface area contributed by atoms with Crippen LogP contribution in [0.15, 0.2) is 23.4 Å². The third-order valence-electron chi connectivity index (χ3n) is 2.20. The van der Waals surface area contributed by atoms with Gasteiger partial charge in [-0.15, -0.1) is 0 Å². The lowest BCUT2D eigenvalue weighted by Gasteiger charge is -2.24. The van der Waals surface area contributed by atoms with Crippen LogP contribution in [-0.2, 0) is 14.8 Å². The molecule has 0 saturated carbocycles. The third-order valence-corrected chi connectivity index (χ3v) is 3.54. The topological polar surface area (TPSA) is 68.3 Å². The Labute approximate surface area is 106 Å². The number of sulfonamides is 1. The van der Waals surface area contributed by atoms with Crippen LogP contribution >= 0.6 is 0 Å². The molecule has 0 saturated heterocycles. The van der Waals surface area contributed by atoms with Crippen LogP contribution < -0.4 is 4.72 Å². The van der Waals surface area contributed by atoms with Crippen molar-refractivity contribution in [3.63, 3.8) is 0 Å². The molecule has 1 aromatic rings. The quantitative estimate of drug-likeness (QED) is 0.850. The van der Waals surface area contributed by atoms with Gasteiger partial charge in [-0.1, -0.05) is 0 Å². The van der Waals surface area contributed by atoms with E-state index in [1.807, 2.05) is 6.92 Å². The Morgan fingerprint density at radius 3 is 2.72 bits per heavy atom. The molecule has 0 atom stereocenters. The number of hydrogen-bond acceptors (Lipinski definition) is 4. The highest BCUT2D eigenvalue weighted by Crippen LogP contribution is 2.12. The van der Waals surface area contributed by atoms with Crippen LogP contribution in [0.5, 0.6) is 0 Å². The smallest absolute Gasteiger partial charge is 0.261 e. The van der Waals surface area contributed by atoms with Gasteiger partial charge in [0.15, 0.2) is 5.82 Å². The summed E-state index contributed by atoms with van der Waals surface area (Å²) in [5, 5.41) is -0.600. The minimum Gasteiger partial charge on any atom is -0.375 e. The van der Waals surface area contributed by atoms with Crippen molar-refractivity contribution in [2.75, 3.05) is 13.2 Å². The van der Waals surface area contributed by atoms with Gasteiger partial charge in [0.1, 0.15) is 0 Å². The maximum absolute atomic E-state index is 13.3. The molecule has 1 heterocycles. The predicted molar refractivity (Wildman–Crippen MR) is 65.1 cm³/mol. The Morgan fingerprint density at radius 2 is 2.17 bits per heavy atom. The minimum atomic E-state index is -3.96. The van der Waals surface area contributed by atoms with Gasteiger partial charge in [0.05, 0.1) is 5.60 Å². The highest BCUT2D eigenvalue weighted by molar-refractivity contribution is 7.89. The van der Waals surface area contributed by atoms with Gasteiger partial charge < -0.3 is 4.74 Å². The van der Waals surface area contributed by atoms with Crippen molar-refractivity contribution in [2.24, 2.45) is 0 Å². The van der Waals surface area contributed by atoms with Crippen LogP contribution in [0.25, 0.3) is 0 Å². The summed E-state index contributed by atoms with van der Waals surface area (Å²) in [7, 11) is -3.96. The van der Waals surface area contributed by atoms with Gasteiger partial charge in [-0.2, -0.15) is 0 Å². The first-order chi connectivity index (χ1) is 8.28. The van der Waals surface area contributed by atoms with Gasteiger partial charge >= 0.3 is 0 Å². The second kappa shape index (κ2) is 5.73. The molecule has 0 aromatic carbocycles. The molecule has 1 N–H and O–H groups in total. The van der Waals surface area contributed by atoms with Crippen LogP contribution in [0.2, 0.25) is 0 Å². The van der Waals surface area contributed by atoms with Crippen molar-refractivity contribution in [3.05, 3.63) is 24.1 Å². The van der Waals surface area contributed by atoms with Gasteiger partial charge in [0, 0.05) is 19.3 Å². The monoisotopic (exact) mass is 276 g/mol.